The van der Waals surface area contributed by atoms with Crippen molar-refractivity contribution in [2.45, 2.75) is 31.7 Å². The van der Waals surface area contributed by atoms with Crippen LogP contribution in [-0.2, 0) is 0 Å². The fourth-order valence-corrected chi connectivity index (χ4v) is 2.00. The van der Waals surface area contributed by atoms with Gasteiger partial charge in [-0.2, -0.15) is 0 Å². The molecule has 0 aromatic heterocycles. The fourth-order valence-electron chi connectivity index (χ4n) is 2.00. The lowest BCUT2D eigenvalue weighted by molar-refractivity contribution is 0.326. The van der Waals surface area contributed by atoms with E-state index in [-0.39, 0.29) is 0 Å². The van der Waals surface area contributed by atoms with Gasteiger partial charge >= 0.3 is 0 Å². The number of likely N-dealkylation sites (N-methyl/N-ethyl adjacent to an activating group) is 1. The Kier molecular flexibility index (Phi) is 3.01. The summed E-state index contributed by atoms with van der Waals surface area (Å²) in [4.78, 5) is 2.40. The molecule has 2 aliphatic rings. The molecule has 0 radical (unpaired) electrons. The Bertz CT molecular complexity index is 194. The first-order valence-electron chi connectivity index (χ1n) is 5.44. The van der Waals surface area contributed by atoms with Gasteiger partial charge in [0.2, 0.25) is 0 Å². The molecule has 0 aromatic carbocycles. The minimum atomic E-state index is 0.827. The van der Waals surface area contributed by atoms with E-state index >= 15 is 0 Å². The minimum Gasteiger partial charge on any atom is -0.310 e. The van der Waals surface area contributed by atoms with Crippen molar-refractivity contribution in [2.75, 3.05) is 26.7 Å². The molecule has 0 aromatic rings. The lowest BCUT2D eigenvalue weighted by atomic mass is 9.93. The zero-order chi connectivity index (χ0) is 9.10. The highest BCUT2D eigenvalue weighted by atomic mass is 15.1. The van der Waals surface area contributed by atoms with Crippen LogP contribution in [0.3, 0.4) is 0 Å². The Hall–Kier alpha value is -0.340. The van der Waals surface area contributed by atoms with E-state index in [0.29, 0.717) is 0 Å². The topological polar surface area (TPSA) is 15.3 Å². The van der Waals surface area contributed by atoms with Crippen molar-refractivity contribution < 1.29 is 0 Å². The van der Waals surface area contributed by atoms with Gasteiger partial charge in [-0.15, -0.1) is 0 Å². The predicted molar refractivity (Wildman–Crippen MR) is 55.8 cm³/mol. The maximum absolute atomic E-state index is 3.61. The number of hydrogen-bond donors (Lipinski definition) is 1. The van der Waals surface area contributed by atoms with Crippen molar-refractivity contribution in [1.82, 2.24) is 10.2 Å². The molecule has 2 nitrogen and oxygen atoms in total. The molecule has 1 fully saturated rings. The molecule has 0 saturated heterocycles. The second kappa shape index (κ2) is 4.25. The highest BCUT2D eigenvalue weighted by Gasteiger charge is 2.17. The van der Waals surface area contributed by atoms with E-state index in [9.17, 15) is 0 Å². The molecule has 0 bridgehead atoms. The first kappa shape index (κ1) is 9.22. The molecule has 1 N–H and O–H groups in total. The van der Waals surface area contributed by atoms with Crippen LogP contribution in [0.4, 0.5) is 0 Å². The Morgan fingerprint density at radius 1 is 1.54 bits per heavy atom. The molecule has 1 aliphatic carbocycles. The standard InChI is InChI=1S/C11H20N2/c1-13-7-3-4-10(9-13)8-12-11-5-2-6-11/h4,11-12H,2-3,5-9H2,1H3. The van der Waals surface area contributed by atoms with Crippen molar-refractivity contribution in [3.63, 3.8) is 0 Å². The predicted octanol–water partition coefficient (Wildman–Crippen LogP) is 1.39. The average molecular weight is 180 g/mol. The summed E-state index contributed by atoms with van der Waals surface area (Å²) in [5.74, 6) is 0. The van der Waals surface area contributed by atoms with Gasteiger partial charge in [0.15, 0.2) is 0 Å². The highest BCUT2D eigenvalue weighted by Crippen LogP contribution is 2.18. The molecule has 0 amide bonds. The van der Waals surface area contributed by atoms with Crippen molar-refractivity contribution in [3.8, 4) is 0 Å². The first-order chi connectivity index (χ1) is 6.34. The van der Waals surface area contributed by atoms with Gasteiger partial charge < -0.3 is 10.2 Å². The van der Waals surface area contributed by atoms with Crippen molar-refractivity contribution >= 4 is 0 Å². The zero-order valence-corrected chi connectivity index (χ0v) is 8.55. The summed E-state index contributed by atoms with van der Waals surface area (Å²) in [5.41, 5.74) is 1.58. The largest absolute Gasteiger partial charge is 0.310 e. The van der Waals surface area contributed by atoms with E-state index in [1.165, 1.54) is 38.8 Å². The Balaban J connectivity index is 1.70. The lowest BCUT2D eigenvalue weighted by Gasteiger charge is -2.29. The normalized spacial score (nSPS) is 25.5. The van der Waals surface area contributed by atoms with Crippen molar-refractivity contribution in [1.29, 1.82) is 0 Å². The van der Waals surface area contributed by atoms with E-state index in [0.717, 1.165) is 12.6 Å². The third-order valence-electron chi connectivity index (χ3n) is 3.14. The quantitative estimate of drug-likeness (QED) is 0.660. The van der Waals surface area contributed by atoms with Crippen LogP contribution in [0, 0.1) is 0 Å². The summed E-state index contributed by atoms with van der Waals surface area (Å²) >= 11 is 0. The van der Waals surface area contributed by atoms with Gasteiger partial charge in [0.1, 0.15) is 0 Å². The number of nitrogens with zero attached hydrogens (tertiary/aromatic N) is 1. The molecule has 1 heterocycles. The van der Waals surface area contributed by atoms with Crippen LogP contribution in [0.5, 0.6) is 0 Å². The SMILES string of the molecule is CN1CCC=C(CNC2CCC2)C1. The summed E-state index contributed by atoms with van der Waals surface area (Å²) in [6.45, 7) is 3.52. The van der Waals surface area contributed by atoms with E-state index < -0.39 is 0 Å². The highest BCUT2D eigenvalue weighted by molar-refractivity contribution is 5.10. The molecule has 2 rings (SSSR count). The Morgan fingerprint density at radius 3 is 3.00 bits per heavy atom. The van der Waals surface area contributed by atoms with Crippen LogP contribution in [0.2, 0.25) is 0 Å². The lowest BCUT2D eigenvalue weighted by Crippen LogP contribution is -2.38. The molecule has 0 unspecified atom stereocenters. The second-order valence-electron chi connectivity index (χ2n) is 4.40. The second-order valence-corrected chi connectivity index (χ2v) is 4.40. The van der Waals surface area contributed by atoms with Crippen LogP contribution in [0.15, 0.2) is 11.6 Å². The molecule has 1 aliphatic heterocycles. The fraction of sp³-hybridized carbons (Fsp3) is 0.818. The van der Waals surface area contributed by atoms with Gasteiger partial charge in [-0.3, -0.25) is 0 Å². The van der Waals surface area contributed by atoms with Crippen molar-refractivity contribution in [3.05, 3.63) is 11.6 Å². The molecule has 1 saturated carbocycles. The molecule has 2 heteroatoms. The molecule has 74 valence electrons. The van der Waals surface area contributed by atoms with Gasteiger partial charge in [0, 0.05) is 25.7 Å². The number of nitrogens with one attached hydrogen (secondary N) is 1. The third kappa shape index (κ3) is 2.55. The van der Waals surface area contributed by atoms with Gasteiger partial charge in [0.25, 0.3) is 0 Å². The van der Waals surface area contributed by atoms with Crippen LogP contribution < -0.4 is 5.32 Å². The van der Waals surface area contributed by atoms with Crippen LogP contribution >= 0.6 is 0 Å². The average Bonchev–Trinajstić information content (AvgIpc) is 2.01. The zero-order valence-electron chi connectivity index (χ0n) is 8.55. The summed E-state index contributed by atoms with van der Waals surface area (Å²) in [6.07, 6.45) is 7.85. The van der Waals surface area contributed by atoms with Gasteiger partial charge in [-0.25, -0.2) is 0 Å². The van der Waals surface area contributed by atoms with E-state index in [1.807, 2.05) is 0 Å². The van der Waals surface area contributed by atoms with Crippen LogP contribution in [-0.4, -0.2) is 37.6 Å². The minimum absolute atomic E-state index is 0.827. The molecule has 0 atom stereocenters. The Labute approximate surface area is 81.0 Å². The molecular weight excluding hydrogens is 160 g/mol. The number of rotatable bonds is 3. The number of hydrogen-bond acceptors (Lipinski definition) is 2. The Morgan fingerprint density at radius 2 is 2.38 bits per heavy atom. The molecule has 0 spiro atoms. The van der Waals surface area contributed by atoms with Gasteiger partial charge in [-0.1, -0.05) is 12.5 Å². The smallest absolute Gasteiger partial charge is 0.0202 e. The monoisotopic (exact) mass is 180 g/mol. The van der Waals surface area contributed by atoms with Crippen LogP contribution in [0.25, 0.3) is 0 Å². The van der Waals surface area contributed by atoms with Crippen molar-refractivity contribution in [2.24, 2.45) is 0 Å². The maximum atomic E-state index is 3.61. The van der Waals surface area contributed by atoms with E-state index in [1.54, 1.807) is 5.57 Å². The molecular formula is C11H20N2. The van der Waals surface area contributed by atoms with Gasteiger partial charge in [0.05, 0.1) is 0 Å². The summed E-state index contributed by atoms with van der Waals surface area (Å²) in [5, 5.41) is 3.61. The summed E-state index contributed by atoms with van der Waals surface area (Å²) in [6, 6.07) is 0.827. The van der Waals surface area contributed by atoms with E-state index in [4.69, 9.17) is 0 Å². The van der Waals surface area contributed by atoms with Gasteiger partial charge in [-0.05, 0) is 31.9 Å². The summed E-state index contributed by atoms with van der Waals surface area (Å²) in [7, 11) is 2.20. The third-order valence-corrected chi connectivity index (χ3v) is 3.14. The first-order valence-corrected chi connectivity index (χ1v) is 5.44. The summed E-state index contributed by atoms with van der Waals surface area (Å²) < 4.78 is 0. The maximum Gasteiger partial charge on any atom is 0.0202 e. The molecule has 13 heavy (non-hydrogen) atoms. The van der Waals surface area contributed by atoms with Crippen LogP contribution in [0.1, 0.15) is 25.7 Å². The van der Waals surface area contributed by atoms with E-state index in [2.05, 4.69) is 23.3 Å².